The lowest BCUT2D eigenvalue weighted by Gasteiger charge is -2.24. The fourth-order valence-corrected chi connectivity index (χ4v) is 2.04. The van der Waals surface area contributed by atoms with Crippen LogP contribution < -0.4 is 10.5 Å². The Hall–Kier alpha value is -2.15. The molecule has 1 aliphatic rings. The van der Waals surface area contributed by atoms with Gasteiger partial charge >= 0.3 is 11.7 Å². The molecular formula is C13H16N2O5. The summed E-state index contributed by atoms with van der Waals surface area (Å²) in [6.45, 7) is 1.45. The summed E-state index contributed by atoms with van der Waals surface area (Å²) >= 11 is 0. The van der Waals surface area contributed by atoms with Crippen LogP contribution in [0.4, 0.5) is 5.69 Å². The molecule has 0 radical (unpaired) electrons. The first-order valence-corrected chi connectivity index (χ1v) is 6.24. The molecule has 0 aromatic heterocycles. The molecular weight excluding hydrogens is 264 g/mol. The maximum Gasteiger partial charge on any atom is 0.327 e. The molecule has 108 valence electrons. The van der Waals surface area contributed by atoms with E-state index in [1.165, 1.54) is 12.1 Å². The van der Waals surface area contributed by atoms with E-state index in [1.807, 2.05) is 0 Å². The summed E-state index contributed by atoms with van der Waals surface area (Å²) < 4.78 is 5.33. The van der Waals surface area contributed by atoms with Crippen LogP contribution in [-0.2, 0) is 4.79 Å². The lowest BCUT2D eigenvalue weighted by molar-refractivity contribution is -0.386. The Morgan fingerprint density at radius 2 is 2.25 bits per heavy atom. The number of hydrogen-bond acceptors (Lipinski definition) is 5. The number of benzene rings is 1. The van der Waals surface area contributed by atoms with Crippen molar-refractivity contribution in [1.29, 1.82) is 0 Å². The number of hydrogen-bond donors (Lipinski definition) is 2. The average molecular weight is 280 g/mol. The second-order valence-corrected chi connectivity index (χ2v) is 5.14. The Bertz CT molecular complexity index is 556. The molecule has 7 nitrogen and oxygen atoms in total. The SMILES string of the molecule is Cc1ccc(OCC(N)(C(=O)O)C2CC2)c([N+](=O)[O-])c1. The Morgan fingerprint density at radius 3 is 2.75 bits per heavy atom. The highest BCUT2D eigenvalue weighted by atomic mass is 16.6. The third-order valence-corrected chi connectivity index (χ3v) is 3.48. The Kier molecular flexibility index (Phi) is 3.63. The zero-order chi connectivity index (χ0) is 14.9. The summed E-state index contributed by atoms with van der Waals surface area (Å²) in [6, 6.07) is 4.51. The standard InChI is InChI=1S/C13H16N2O5/c1-8-2-5-11(10(6-8)15(18)19)20-7-13(14,12(16)17)9-3-4-9/h2,5-6,9H,3-4,7,14H2,1H3,(H,16,17). The molecule has 3 N–H and O–H groups in total. The summed E-state index contributed by atoms with van der Waals surface area (Å²) in [5.41, 5.74) is 4.91. The zero-order valence-corrected chi connectivity index (χ0v) is 11.0. The van der Waals surface area contributed by atoms with Crippen LogP contribution >= 0.6 is 0 Å². The number of ether oxygens (including phenoxy) is 1. The lowest BCUT2D eigenvalue weighted by Crippen LogP contribution is -2.54. The van der Waals surface area contributed by atoms with Gasteiger partial charge in [-0.1, -0.05) is 6.07 Å². The Balaban J connectivity index is 2.18. The van der Waals surface area contributed by atoms with Crippen molar-refractivity contribution in [1.82, 2.24) is 0 Å². The highest BCUT2D eigenvalue weighted by Crippen LogP contribution is 2.39. The van der Waals surface area contributed by atoms with Crippen molar-refractivity contribution in [2.45, 2.75) is 25.3 Å². The molecule has 1 unspecified atom stereocenters. The number of nitrogens with two attached hydrogens (primary N) is 1. The molecule has 1 aliphatic carbocycles. The van der Waals surface area contributed by atoms with Gasteiger partial charge in [0.2, 0.25) is 0 Å². The molecule has 1 saturated carbocycles. The van der Waals surface area contributed by atoms with E-state index in [2.05, 4.69) is 0 Å². The highest BCUT2D eigenvalue weighted by Gasteiger charge is 2.49. The van der Waals surface area contributed by atoms with Crippen LogP contribution in [0.15, 0.2) is 18.2 Å². The number of carbonyl (C=O) groups is 1. The molecule has 2 rings (SSSR count). The lowest BCUT2D eigenvalue weighted by atomic mass is 9.96. The van der Waals surface area contributed by atoms with Crippen LogP contribution in [0, 0.1) is 23.0 Å². The number of aryl methyl sites for hydroxylation is 1. The number of nitro benzene ring substituents is 1. The highest BCUT2D eigenvalue weighted by molar-refractivity contribution is 5.79. The first kappa shape index (κ1) is 14.3. The van der Waals surface area contributed by atoms with Crippen LogP contribution in [0.5, 0.6) is 5.75 Å². The Morgan fingerprint density at radius 1 is 1.60 bits per heavy atom. The van der Waals surface area contributed by atoms with Crippen LogP contribution in [0.1, 0.15) is 18.4 Å². The van der Waals surface area contributed by atoms with Gasteiger partial charge in [0.05, 0.1) is 4.92 Å². The van der Waals surface area contributed by atoms with Crippen molar-refractivity contribution < 1.29 is 19.6 Å². The predicted molar refractivity (Wildman–Crippen MR) is 70.6 cm³/mol. The molecule has 0 aliphatic heterocycles. The number of carboxylic acid groups (broad SMARTS) is 1. The van der Waals surface area contributed by atoms with Gasteiger partial charge in [-0.05, 0) is 37.3 Å². The summed E-state index contributed by atoms with van der Waals surface area (Å²) in [6.07, 6.45) is 1.48. The minimum atomic E-state index is -1.49. The largest absolute Gasteiger partial charge is 0.484 e. The predicted octanol–water partition coefficient (Wildman–Crippen LogP) is 1.47. The molecule has 0 bridgehead atoms. The van der Waals surface area contributed by atoms with Crippen molar-refractivity contribution in [3.63, 3.8) is 0 Å². The van der Waals surface area contributed by atoms with Gasteiger partial charge in [-0.2, -0.15) is 0 Å². The van der Waals surface area contributed by atoms with Gasteiger partial charge in [0.25, 0.3) is 0 Å². The number of rotatable bonds is 6. The second kappa shape index (κ2) is 5.09. The minimum Gasteiger partial charge on any atom is -0.484 e. The monoisotopic (exact) mass is 280 g/mol. The molecule has 1 aromatic rings. The van der Waals surface area contributed by atoms with E-state index in [9.17, 15) is 20.0 Å². The van der Waals surface area contributed by atoms with E-state index in [4.69, 9.17) is 10.5 Å². The normalized spacial score (nSPS) is 17.3. The molecule has 0 heterocycles. The van der Waals surface area contributed by atoms with Crippen LogP contribution in [0.2, 0.25) is 0 Å². The molecule has 20 heavy (non-hydrogen) atoms. The fraction of sp³-hybridized carbons (Fsp3) is 0.462. The van der Waals surface area contributed by atoms with Crippen molar-refractivity contribution in [3.05, 3.63) is 33.9 Å². The summed E-state index contributed by atoms with van der Waals surface area (Å²) in [4.78, 5) is 21.7. The number of aliphatic carboxylic acids is 1. The third kappa shape index (κ3) is 2.72. The maximum absolute atomic E-state index is 11.3. The van der Waals surface area contributed by atoms with Crippen LogP contribution in [0.3, 0.4) is 0 Å². The van der Waals surface area contributed by atoms with Crippen molar-refractivity contribution in [3.8, 4) is 5.75 Å². The van der Waals surface area contributed by atoms with Crippen LogP contribution in [-0.4, -0.2) is 28.1 Å². The van der Waals surface area contributed by atoms with Gasteiger partial charge in [0.1, 0.15) is 6.61 Å². The van der Waals surface area contributed by atoms with E-state index in [1.54, 1.807) is 13.0 Å². The summed E-state index contributed by atoms with van der Waals surface area (Å²) in [5, 5.41) is 20.2. The van der Waals surface area contributed by atoms with Gasteiger partial charge in [-0.3, -0.25) is 14.9 Å². The van der Waals surface area contributed by atoms with Crippen LogP contribution in [0.25, 0.3) is 0 Å². The Labute approximate surface area is 115 Å². The number of carboxylic acids is 1. The molecule has 0 spiro atoms. The van der Waals surface area contributed by atoms with Gasteiger partial charge < -0.3 is 15.6 Å². The quantitative estimate of drug-likeness (QED) is 0.602. The average Bonchev–Trinajstić information content (AvgIpc) is 3.21. The van der Waals surface area contributed by atoms with E-state index in [0.717, 1.165) is 18.4 Å². The van der Waals surface area contributed by atoms with Gasteiger partial charge in [0.15, 0.2) is 11.3 Å². The summed E-state index contributed by atoms with van der Waals surface area (Å²) in [7, 11) is 0. The zero-order valence-electron chi connectivity index (χ0n) is 11.0. The van der Waals surface area contributed by atoms with Gasteiger partial charge in [-0.15, -0.1) is 0 Å². The van der Waals surface area contributed by atoms with E-state index >= 15 is 0 Å². The van der Waals surface area contributed by atoms with Gasteiger partial charge in [-0.25, -0.2) is 0 Å². The molecule has 1 atom stereocenters. The molecule has 0 saturated heterocycles. The topological polar surface area (TPSA) is 116 Å². The van der Waals surface area contributed by atoms with E-state index in [-0.39, 0.29) is 24.0 Å². The smallest absolute Gasteiger partial charge is 0.327 e. The van der Waals surface area contributed by atoms with Gasteiger partial charge in [0, 0.05) is 6.07 Å². The fourth-order valence-electron chi connectivity index (χ4n) is 2.04. The molecule has 1 fully saturated rings. The van der Waals surface area contributed by atoms with Crippen molar-refractivity contribution >= 4 is 11.7 Å². The molecule has 0 amide bonds. The molecule has 1 aromatic carbocycles. The second-order valence-electron chi connectivity index (χ2n) is 5.14. The van der Waals surface area contributed by atoms with Crippen molar-refractivity contribution in [2.75, 3.05) is 6.61 Å². The number of nitro groups is 1. The number of nitrogens with zero attached hydrogens (tertiary/aromatic N) is 1. The summed E-state index contributed by atoms with van der Waals surface area (Å²) in [5.74, 6) is -1.24. The minimum absolute atomic E-state index is 0.0392. The maximum atomic E-state index is 11.3. The van der Waals surface area contributed by atoms with E-state index in [0.29, 0.717) is 0 Å². The molecule has 7 heteroatoms. The first-order chi connectivity index (χ1) is 9.34. The first-order valence-electron chi connectivity index (χ1n) is 6.24. The third-order valence-electron chi connectivity index (χ3n) is 3.48. The van der Waals surface area contributed by atoms with Crippen molar-refractivity contribution in [2.24, 2.45) is 11.7 Å². The van der Waals surface area contributed by atoms with E-state index < -0.39 is 16.4 Å².